The van der Waals surface area contributed by atoms with Crippen molar-refractivity contribution in [1.29, 1.82) is 0 Å². The largest absolute Gasteiger partial charge is 0.490 e. The molecule has 134 valence electrons. The molecule has 0 spiro atoms. The van der Waals surface area contributed by atoms with Crippen molar-refractivity contribution >= 4 is 17.4 Å². The highest BCUT2D eigenvalue weighted by Crippen LogP contribution is 2.24. The molecule has 4 N–H and O–H groups in total. The van der Waals surface area contributed by atoms with E-state index in [2.05, 4.69) is 5.32 Å². The fraction of sp³-hybridized carbons (Fsp3) is 0.556. The van der Waals surface area contributed by atoms with Crippen molar-refractivity contribution < 1.29 is 24.7 Å². The first kappa shape index (κ1) is 20.1. The number of hydrogen-bond donors (Lipinski definition) is 3. The van der Waals surface area contributed by atoms with E-state index in [1.165, 1.54) is 6.92 Å². The van der Waals surface area contributed by atoms with Crippen LogP contribution in [-0.2, 0) is 4.79 Å². The number of carbonyl (C=O) groups excluding carboxylic acids is 2. The third kappa shape index (κ3) is 7.10. The zero-order chi connectivity index (χ0) is 18.1. The molecule has 24 heavy (non-hydrogen) atoms. The predicted octanol–water partition coefficient (Wildman–Crippen LogP) is 1.34. The molecule has 0 aliphatic carbocycles. The monoisotopic (exact) mass is 337 g/mol. The second-order valence-corrected chi connectivity index (χ2v) is 6.25. The van der Waals surface area contributed by atoms with Crippen molar-refractivity contribution in [3.8, 4) is 5.75 Å². The maximum Gasteiger partial charge on any atom is 0.224 e. The number of ketones is 1. The van der Waals surface area contributed by atoms with Crippen LogP contribution in [0.3, 0.4) is 0 Å². The van der Waals surface area contributed by atoms with E-state index in [-0.39, 0.29) is 18.3 Å². The first-order valence-electron chi connectivity index (χ1n) is 8.42. The fourth-order valence-electron chi connectivity index (χ4n) is 2.14. The number of aliphatic hydroxyl groups excluding tert-OH is 1. The van der Waals surface area contributed by atoms with Gasteiger partial charge < -0.3 is 20.5 Å². The maximum atomic E-state index is 11.8. The standard InChI is InChI=1S/C18H28N2O4/c1-5-6-18(23)20-14-7-8-17(16(9-14)13(4)21)24-11-15(22)10-19-12(2)3/h7-9,12,15,19,22H,5-6,10-11H2,1-4H3,(H,20,23)/p+1/t15-/m1/s1. The Hall–Kier alpha value is -1.92. The Kier molecular flexibility index (Phi) is 8.43. The highest BCUT2D eigenvalue weighted by molar-refractivity contribution is 5.99. The highest BCUT2D eigenvalue weighted by Gasteiger charge is 2.14. The van der Waals surface area contributed by atoms with E-state index in [1.807, 2.05) is 26.1 Å². The molecular weight excluding hydrogens is 308 g/mol. The molecule has 0 bridgehead atoms. The molecule has 1 aromatic carbocycles. The summed E-state index contributed by atoms with van der Waals surface area (Å²) in [5, 5.41) is 14.7. The number of amides is 1. The van der Waals surface area contributed by atoms with Gasteiger partial charge in [-0.3, -0.25) is 9.59 Å². The van der Waals surface area contributed by atoms with E-state index in [0.717, 1.165) is 6.42 Å². The Morgan fingerprint density at radius 3 is 2.62 bits per heavy atom. The van der Waals surface area contributed by atoms with Crippen LogP contribution in [0.1, 0.15) is 50.9 Å². The number of aliphatic hydroxyl groups is 1. The molecule has 0 aliphatic rings. The number of Topliss-reactive ketones (excluding diaryl/α,β-unsaturated/α-hetero) is 1. The summed E-state index contributed by atoms with van der Waals surface area (Å²) in [6.07, 6.45) is 0.584. The van der Waals surface area contributed by atoms with E-state index in [4.69, 9.17) is 4.74 Å². The summed E-state index contributed by atoms with van der Waals surface area (Å²) in [5.74, 6) is 0.180. The van der Waals surface area contributed by atoms with Crippen LogP contribution >= 0.6 is 0 Å². The van der Waals surface area contributed by atoms with E-state index < -0.39 is 6.10 Å². The Bertz CT molecular complexity index is 558. The molecule has 0 saturated carbocycles. The minimum atomic E-state index is -0.615. The van der Waals surface area contributed by atoms with Gasteiger partial charge in [-0.25, -0.2) is 0 Å². The smallest absolute Gasteiger partial charge is 0.224 e. The van der Waals surface area contributed by atoms with Crippen LogP contribution in [-0.4, -0.2) is 42.1 Å². The van der Waals surface area contributed by atoms with Crippen molar-refractivity contribution in [2.75, 3.05) is 18.5 Å². The molecule has 0 heterocycles. The molecular formula is C18H29N2O4+. The van der Waals surface area contributed by atoms with Gasteiger partial charge in [0, 0.05) is 12.1 Å². The molecule has 1 atom stereocenters. The number of ether oxygens (including phenoxy) is 1. The van der Waals surface area contributed by atoms with Gasteiger partial charge in [0.05, 0.1) is 11.6 Å². The van der Waals surface area contributed by atoms with Crippen molar-refractivity contribution in [2.45, 2.75) is 52.7 Å². The number of benzene rings is 1. The van der Waals surface area contributed by atoms with Crippen LogP contribution in [0.5, 0.6) is 5.75 Å². The predicted molar refractivity (Wildman–Crippen MR) is 93.4 cm³/mol. The lowest BCUT2D eigenvalue weighted by atomic mass is 10.1. The highest BCUT2D eigenvalue weighted by atomic mass is 16.5. The van der Waals surface area contributed by atoms with Crippen LogP contribution in [0, 0.1) is 0 Å². The summed E-state index contributed by atoms with van der Waals surface area (Å²) in [4.78, 5) is 23.5. The first-order chi connectivity index (χ1) is 11.3. The van der Waals surface area contributed by atoms with Crippen molar-refractivity contribution in [1.82, 2.24) is 0 Å². The summed E-state index contributed by atoms with van der Waals surface area (Å²) in [6, 6.07) is 5.36. The Morgan fingerprint density at radius 1 is 1.33 bits per heavy atom. The molecule has 0 saturated heterocycles. The van der Waals surface area contributed by atoms with Gasteiger partial charge in [0.25, 0.3) is 0 Å². The van der Waals surface area contributed by atoms with Crippen LogP contribution < -0.4 is 15.4 Å². The van der Waals surface area contributed by atoms with Crippen molar-refractivity contribution in [2.24, 2.45) is 0 Å². The van der Waals surface area contributed by atoms with Crippen LogP contribution in [0.2, 0.25) is 0 Å². The zero-order valence-electron chi connectivity index (χ0n) is 15.0. The summed E-state index contributed by atoms with van der Waals surface area (Å²) < 4.78 is 5.60. The SMILES string of the molecule is CCCC(=O)Nc1ccc(OC[C@H](O)C[NH2+]C(C)C)c(C(C)=O)c1. The Labute approximate surface area is 143 Å². The molecule has 1 aromatic rings. The lowest BCUT2D eigenvalue weighted by molar-refractivity contribution is -0.688. The molecule has 1 rings (SSSR count). The molecule has 6 heteroatoms. The molecule has 0 aliphatic heterocycles. The van der Waals surface area contributed by atoms with E-state index in [0.29, 0.717) is 36.0 Å². The quantitative estimate of drug-likeness (QED) is 0.562. The zero-order valence-corrected chi connectivity index (χ0v) is 15.0. The Balaban J connectivity index is 2.73. The average molecular weight is 337 g/mol. The number of nitrogens with two attached hydrogens (primary N) is 1. The van der Waals surface area contributed by atoms with Gasteiger partial charge in [-0.15, -0.1) is 0 Å². The van der Waals surface area contributed by atoms with Gasteiger partial charge in [-0.2, -0.15) is 0 Å². The summed E-state index contributed by atoms with van der Waals surface area (Å²) in [7, 11) is 0. The Morgan fingerprint density at radius 2 is 2.04 bits per heavy atom. The second kappa shape index (κ2) is 10.1. The molecule has 0 fully saturated rings. The van der Waals surface area contributed by atoms with Crippen LogP contribution in [0.15, 0.2) is 18.2 Å². The lowest BCUT2D eigenvalue weighted by Gasteiger charge is -2.15. The summed E-state index contributed by atoms with van der Waals surface area (Å²) in [5.41, 5.74) is 0.962. The fourth-order valence-corrected chi connectivity index (χ4v) is 2.14. The first-order valence-corrected chi connectivity index (χ1v) is 8.42. The van der Waals surface area contributed by atoms with Gasteiger partial charge in [-0.05, 0) is 45.4 Å². The summed E-state index contributed by atoms with van der Waals surface area (Å²) in [6.45, 7) is 8.13. The topological polar surface area (TPSA) is 92.2 Å². The third-order valence-electron chi connectivity index (χ3n) is 3.43. The summed E-state index contributed by atoms with van der Waals surface area (Å²) >= 11 is 0. The van der Waals surface area contributed by atoms with Crippen LogP contribution in [0.25, 0.3) is 0 Å². The van der Waals surface area contributed by atoms with Crippen molar-refractivity contribution in [3.63, 3.8) is 0 Å². The van der Waals surface area contributed by atoms with Gasteiger partial charge in [0.2, 0.25) is 5.91 Å². The molecule has 0 radical (unpaired) electrons. The normalized spacial score (nSPS) is 12.1. The second-order valence-electron chi connectivity index (χ2n) is 6.25. The van der Waals surface area contributed by atoms with Gasteiger partial charge in [-0.1, -0.05) is 6.92 Å². The lowest BCUT2D eigenvalue weighted by Crippen LogP contribution is -2.90. The number of rotatable bonds is 10. The van der Waals surface area contributed by atoms with Crippen LogP contribution in [0.4, 0.5) is 5.69 Å². The van der Waals surface area contributed by atoms with Gasteiger partial charge >= 0.3 is 0 Å². The number of hydrogen-bond acceptors (Lipinski definition) is 4. The minimum Gasteiger partial charge on any atom is -0.490 e. The van der Waals surface area contributed by atoms with E-state index >= 15 is 0 Å². The average Bonchev–Trinajstić information content (AvgIpc) is 2.51. The number of anilines is 1. The van der Waals surface area contributed by atoms with E-state index in [1.54, 1.807) is 18.2 Å². The number of carbonyl (C=O) groups is 2. The molecule has 6 nitrogen and oxygen atoms in total. The number of nitrogens with one attached hydrogen (secondary N) is 1. The third-order valence-corrected chi connectivity index (χ3v) is 3.43. The van der Waals surface area contributed by atoms with E-state index in [9.17, 15) is 14.7 Å². The number of quaternary nitrogens is 1. The van der Waals surface area contributed by atoms with Gasteiger partial charge in [0.1, 0.15) is 25.0 Å². The minimum absolute atomic E-state index is 0.0830. The molecule has 1 amide bonds. The van der Waals surface area contributed by atoms with Crippen molar-refractivity contribution in [3.05, 3.63) is 23.8 Å². The van der Waals surface area contributed by atoms with Gasteiger partial charge in [0.15, 0.2) is 5.78 Å². The maximum absolute atomic E-state index is 11.8. The molecule has 0 aromatic heterocycles. The molecule has 0 unspecified atom stereocenters.